The van der Waals surface area contributed by atoms with Crippen LogP contribution >= 0.6 is 0 Å². The Bertz CT molecular complexity index is 865. The van der Waals surface area contributed by atoms with E-state index in [0.717, 1.165) is 11.3 Å². The molecule has 2 aromatic rings. The van der Waals surface area contributed by atoms with Crippen molar-refractivity contribution in [2.24, 2.45) is 5.92 Å². The summed E-state index contributed by atoms with van der Waals surface area (Å²) in [4.78, 5) is 27.3. The van der Waals surface area contributed by atoms with Gasteiger partial charge in [0.2, 0.25) is 0 Å². The lowest BCUT2D eigenvalue weighted by molar-refractivity contribution is -0.137. The average molecular weight is 362 g/mol. The highest BCUT2D eigenvalue weighted by atomic mass is 16.2. The predicted octanol–water partition coefficient (Wildman–Crippen LogP) is 4.66. The third-order valence-corrected chi connectivity index (χ3v) is 4.62. The number of amides is 2. The summed E-state index contributed by atoms with van der Waals surface area (Å²) >= 11 is 0. The minimum Gasteiger partial charge on any atom is -0.350 e. The van der Waals surface area contributed by atoms with Gasteiger partial charge in [-0.2, -0.15) is 0 Å². The molecule has 0 saturated carbocycles. The maximum Gasteiger partial charge on any atom is 0.278 e. The number of anilines is 1. The van der Waals surface area contributed by atoms with E-state index in [-0.39, 0.29) is 17.7 Å². The molecule has 0 saturated heterocycles. The van der Waals surface area contributed by atoms with Crippen LogP contribution < -0.4 is 5.32 Å². The van der Waals surface area contributed by atoms with Crippen LogP contribution in [0.2, 0.25) is 0 Å². The van der Waals surface area contributed by atoms with Gasteiger partial charge in [-0.3, -0.25) is 14.5 Å². The summed E-state index contributed by atoms with van der Waals surface area (Å²) in [6.45, 7) is 8.69. The average Bonchev–Trinajstić information content (AvgIpc) is 2.87. The number of carbonyl (C=O) groups excluding carboxylic acids is 2. The van der Waals surface area contributed by atoms with E-state index in [9.17, 15) is 9.59 Å². The van der Waals surface area contributed by atoms with Gasteiger partial charge in [0, 0.05) is 12.2 Å². The van der Waals surface area contributed by atoms with Crippen LogP contribution in [-0.2, 0) is 9.59 Å². The molecule has 1 aliphatic heterocycles. The Morgan fingerprint density at radius 3 is 2.04 bits per heavy atom. The van der Waals surface area contributed by atoms with Gasteiger partial charge in [0.25, 0.3) is 11.8 Å². The molecule has 0 radical (unpaired) electrons. The molecule has 2 amide bonds. The van der Waals surface area contributed by atoms with Gasteiger partial charge in [-0.05, 0) is 35.1 Å². The van der Waals surface area contributed by atoms with Gasteiger partial charge in [0.15, 0.2) is 0 Å². The largest absolute Gasteiger partial charge is 0.350 e. The van der Waals surface area contributed by atoms with Crippen LogP contribution in [0.15, 0.2) is 60.3 Å². The fourth-order valence-electron chi connectivity index (χ4n) is 3.19. The standard InChI is InChI=1S/C23H26N2O2/c1-15(2)14-25-22(26)20(18-8-6-5-7-9-18)21(23(25)27)24-19-12-10-17(11-13-19)16(3)4/h5-13,15-16,24H,14H2,1-4H3. The van der Waals surface area contributed by atoms with E-state index in [1.807, 2.05) is 68.4 Å². The second-order valence-electron chi connectivity index (χ2n) is 7.63. The van der Waals surface area contributed by atoms with Crippen LogP contribution in [0.3, 0.4) is 0 Å². The molecule has 2 aromatic carbocycles. The highest BCUT2D eigenvalue weighted by molar-refractivity contribution is 6.36. The molecule has 4 nitrogen and oxygen atoms in total. The van der Waals surface area contributed by atoms with Crippen molar-refractivity contribution in [1.29, 1.82) is 0 Å². The van der Waals surface area contributed by atoms with E-state index < -0.39 is 0 Å². The molecule has 1 heterocycles. The Kier molecular flexibility index (Phi) is 5.45. The van der Waals surface area contributed by atoms with Crippen molar-refractivity contribution in [2.45, 2.75) is 33.6 Å². The first-order chi connectivity index (χ1) is 12.9. The molecule has 0 atom stereocenters. The summed E-state index contributed by atoms with van der Waals surface area (Å²) in [7, 11) is 0. The van der Waals surface area contributed by atoms with Crippen LogP contribution in [0, 0.1) is 5.92 Å². The smallest absolute Gasteiger partial charge is 0.278 e. The number of imide groups is 1. The first-order valence-corrected chi connectivity index (χ1v) is 9.41. The van der Waals surface area contributed by atoms with Crippen LogP contribution in [0.1, 0.15) is 44.7 Å². The summed E-state index contributed by atoms with van der Waals surface area (Å²) in [6.07, 6.45) is 0. The molecule has 0 spiro atoms. The van der Waals surface area contributed by atoms with Gasteiger partial charge < -0.3 is 5.32 Å². The summed E-state index contributed by atoms with van der Waals surface area (Å²) in [6, 6.07) is 17.4. The number of rotatable bonds is 6. The normalized spacial score (nSPS) is 14.7. The van der Waals surface area contributed by atoms with E-state index in [4.69, 9.17) is 0 Å². The molecule has 1 aliphatic rings. The topological polar surface area (TPSA) is 49.4 Å². The summed E-state index contributed by atoms with van der Waals surface area (Å²) in [5.41, 5.74) is 3.57. The zero-order valence-corrected chi connectivity index (χ0v) is 16.3. The van der Waals surface area contributed by atoms with E-state index in [2.05, 4.69) is 19.2 Å². The molecule has 0 fully saturated rings. The van der Waals surface area contributed by atoms with E-state index in [0.29, 0.717) is 23.7 Å². The Balaban J connectivity index is 1.99. The zero-order valence-electron chi connectivity index (χ0n) is 16.3. The van der Waals surface area contributed by atoms with Gasteiger partial charge in [-0.25, -0.2) is 0 Å². The first-order valence-electron chi connectivity index (χ1n) is 9.41. The number of nitrogens with zero attached hydrogens (tertiary/aromatic N) is 1. The minimum atomic E-state index is -0.263. The second kappa shape index (κ2) is 7.78. The second-order valence-corrected chi connectivity index (χ2v) is 7.63. The Labute approximate surface area is 160 Å². The third kappa shape index (κ3) is 3.95. The predicted molar refractivity (Wildman–Crippen MR) is 109 cm³/mol. The molecule has 4 heteroatoms. The molecule has 3 rings (SSSR count). The van der Waals surface area contributed by atoms with E-state index >= 15 is 0 Å². The van der Waals surface area contributed by atoms with Crippen molar-refractivity contribution in [3.05, 3.63) is 71.4 Å². The number of benzene rings is 2. The van der Waals surface area contributed by atoms with Crippen LogP contribution in [0.4, 0.5) is 5.69 Å². The van der Waals surface area contributed by atoms with Crippen molar-refractivity contribution >= 4 is 23.1 Å². The zero-order chi connectivity index (χ0) is 19.6. The molecule has 0 unspecified atom stereocenters. The lowest BCUT2D eigenvalue weighted by Crippen LogP contribution is -2.35. The first kappa shape index (κ1) is 18.9. The van der Waals surface area contributed by atoms with Gasteiger partial charge in [0.1, 0.15) is 5.70 Å². The van der Waals surface area contributed by atoms with Crippen molar-refractivity contribution in [3.63, 3.8) is 0 Å². The summed E-state index contributed by atoms with van der Waals surface area (Å²) < 4.78 is 0. The van der Waals surface area contributed by atoms with Crippen LogP contribution in [0.5, 0.6) is 0 Å². The molecular weight excluding hydrogens is 336 g/mol. The van der Waals surface area contributed by atoms with Gasteiger partial charge >= 0.3 is 0 Å². The molecule has 27 heavy (non-hydrogen) atoms. The third-order valence-electron chi connectivity index (χ3n) is 4.62. The quantitative estimate of drug-likeness (QED) is 0.761. The van der Waals surface area contributed by atoms with Crippen molar-refractivity contribution in [2.75, 3.05) is 11.9 Å². The lowest BCUT2D eigenvalue weighted by Gasteiger charge is -2.17. The molecule has 0 aromatic heterocycles. The number of hydrogen-bond donors (Lipinski definition) is 1. The molecule has 1 N–H and O–H groups in total. The summed E-state index contributed by atoms with van der Waals surface area (Å²) in [5, 5.41) is 3.21. The molecule has 0 aliphatic carbocycles. The maximum absolute atomic E-state index is 13.0. The SMILES string of the molecule is CC(C)CN1C(=O)C(Nc2ccc(C(C)C)cc2)=C(c2ccccc2)C1=O. The Morgan fingerprint density at radius 2 is 1.48 bits per heavy atom. The summed E-state index contributed by atoms with van der Waals surface area (Å²) in [5.74, 6) is 0.149. The monoisotopic (exact) mass is 362 g/mol. The van der Waals surface area contributed by atoms with Crippen molar-refractivity contribution in [3.8, 4) is 0 Å². The van der Waals surface area contributed by atoms with E-state index in [1.54, 1.807) is 0 Å². The highest BCUT2D eigenvalue weighted by Crippen LogP contribution is 2.31. The number of nitrogens with one attached hydrogen (secondary N) is 1. The highest BCUT2D eigenvalue weighted by Gasteiger charge is 2.39. The molecular formula is C23H26N2O2. The molecule has 140 valence electrons. The fraction of sp³-hybridized carbons (Fsp3) is 0.304. The minimum absolute atomic E-state index is 0.208. The Morgan fingerprint density at radius 1 is 0.852 bits per heavy atom. The maximum atomic E-state index is 13.0. The lowest BCUT2D eigenvalue weighted by atomic mass is 10.0. The number of hydrogen-bond acceptors (Lipinski definition) is 3. The number of carbonyl (C=O) groups is 2. The Hall–Kier alpha value is -2.88. The van der Waals surface area contributed by atoms with Gasteiger partial charge in [-0.1, -0.05) is 70.2 Å². The van der Waals surface area contributed by atoms with E-state index in [1.165, 1.54) is 10.5 Å². The van der Waals surface area contributed by atoms with Crippen LogP contribution in [-0.4, -0.2) is 23.3 Å². The van der Waals surface area contributed by atoms with Crippen molar-refractivity contribution in [1.82, 2.24) is 4.90 Å². The fourth-order valence-corrected chi connectivity index (χ4v) is 3.19. The van der Waals surface area contributed by atoms with Crippen molar-refractivity contribution < 1.29 is 9.59 Å². The van der Waals surface area contributed by atoms with Crippen LogP contribution in [0.25, 0.3) is 5.57 Å². The van der Waals surface area contributed by atoms with Gasteiger partial charge in [-0.15, -0.1) is 0 Å². The van der Waals surface area contributed by atoms with Gasteiger partial charge in [0.05, 0.1) is 5.57 Å². The molecule has 0 bridgehead atoms.